The Morgan fingerprint density at radius 3 is 2.48 bits per heavy atom. The Bertz CT molecular complexity index is 968. The number of hydrogen-bond donors (Lipinski definition) is 2. The molecule has 0 saturated heterocycles. The maximum atomic E-state index is 12.7. The summed E-state index contributed by atoms with van der Waals surface area (Å²) in [5.41, 5.74) is 0.649. The van der Waals surface area contributed by atoms with Crippen LogP contribution in [0.1, 0.15) is 37.0 Å². The minimum absolute atomic E-state index is 0.00413. The van der Waals surface area contributed by atoms with E-state index in [0.29, 0.717) is 11.3 Å². The maximum absolute atomic E-state index is 12.7. The highest BCUT2D eigenvalue weighted by Gasteiger charge is 2.28. The van der Waals surface area contributed by atoms with Gasteiger partial charge in [0.1, 0.15) is 11.6 Å². The number of carbonyl (C=O) groups is 1. The summed E-state index contributed by atoms with van der Waals surface area (Å²) in [5, 5.41) is 2.73. The molecule has 1 saturated carbocycles. The monoisotopic (exact) mass is 418 g/mol. The van der Waals surface area contributed by atoms with E-state index in [-0.39, 0.29) is 16.6 Å². The number of methoxy groups -OCH3 is 1. The van der Waals surface area contributed by atoms with Crippen LogP contribution < -0.4 is 19.7 Å². The van der Waals surface area contributed by atoms with Crippen molar-refractivity contribution in [3.05, 3.63) is 42.1 Å². The molecule has 0 spiro atoms. The van der Waals surface area contributed by atoms with Crippen molar-refractivity contribution in [3.63, 3.8) is 0 Å². The van der Waals surface area contributed by atoms with Crippen LogP contribution in [0.3, 0.4) is 0 Å². The van der Waals surface area contributed by atoms with Gasteiger partial charge in [0, 0.05) is 25.3 Å². The third kappa shape index (κ3) is 5.04. The first-order valence-corrected chi connectivity index (χ1v) is 11.1. The second kappa shape index (κ2) is 8.79. The van der Waals surface area contributed by atoms with Crippen LogP contribution in [0.5, 0.6) is 5.75 Å². The van der Waals surface area contributed by atoms with Gasteiger partial charge in [0.2, 0.25) is 10.0 Å². The molecule has 0 unspecified atom stereocenters. The van der Waals surface area contributed by atoms with Crippen LogP contribution >= 0.6 is 0 Å². The van der Waals surface area contributed by atoms with Gasteiger partial charge in [-0.25, -0.2) is 18.1 Å². The van der Waals surface area contributed by atoms with E-state index < -0.39 is 15.9 Å². The number of ether oxygens (including phenoxy) is 1. The first kappa shape index (κ1) is 21.1. The predicted octanol–water partition coefficient (Wildman–Crippen LogP) is 2.63. The maximum Gasteiger partial charge on any atom is 0.257 e. The highest BCUT2D eigenvalue weighted by molar-refractivity contribution is 7.89. The van der Waals surface area contributed by atoms with E-state index >= 15 is 0 Å². The zero-order valence-corrected chi connectivity index (χ0v) is 17.6. The quantitative estimate of drug-likeness (QED) is 0.649. The van der Waals surface area contributed by atoms with Crippen molar-refractivity contribution in [2.45, 2.75) is 37.6 Å². The summed E-state index contributed by atoms with van der Waals surface area (Å²) in [6.45, 7) is 5.72. The fraction of sp³-hybridized carbons (Fsp3) is 0.400. The number of nitrogens with zero attached hydrogens (tertiary/aromatic N) is 2. The molecule has 9 heteroatoms. The van der Waals surface area contributed by atoms with E-state index in [4.69, 9.17) is 4.74 Å². The molecule has 29 heavy (non-hydrogen) atoms. The lowest BCUT2D eigenvalue weighted by Crippen LogP contribution is -2.26. The van der Waals surface area contributed by atoms with Crippen LogP contribution in [-0.4, -0.2) is 45.6 Å². The van der Waals surface area contributed by atoms with Crippen molar-refractivity contribution in [3.8, 4) is 5.75 Å². The van der Waals surface area contributed by atoms with E-state index in [1.54, 1.807) is 12.1 Å². The van der Waals surface area contributed by atoms with Crippen LogP contribution in [0, 0.1) is 0 Å². The van der Waals surface area contributed by atoms with E-state index in [1.807, 2.05) is 13.8 Å². The average Bonchev–Trinajstić information content (AvgIpc) is 3.52. The fourth-order valence-electron chi connectivity index (χ4n) is 2.89. The minimum atomic E-state index is -3.64. The molecule has 0 aliphatic heterocycles. The third-order valence-corrected chi connectivity index (χ3v) is 6.24. The van der Waals surface area contributed by atoms with Gasteiger partial charge in [-0.15, -0.1) is 0 Å². The molecule has 1 heterocycles. The Labute approximate surface area is 171 Å². The largest absolute Gasteiger partial charge is 0.495 e. The third-order valence-electron chi connectivity index (χ3n) is 4.73. The van der Waals surface area contributed by atoms with Gasteiger partial charge in [-0.1, -0.05) is 0 Å². The van der Waals surface area contributed by atoms with E-state index in [1.165, 1.54) is 31.5 Å². The second-order valence-corrected chi connectivity index (χ2v) is 8.50. The lowest BCUT2D eigenvalue weighted by atomic mass is 10.2. The fourth-order valence-corrected chi connectivity index (χ4v) is 4.22. The van der Waals surface area contributed by atoms with Crippen molar-refractivity contribution in [1.29, 1.82) is 0 Å². The van der Waals surface area contributed by atoms with Crippen molar-refractivity contribution >= 4 is 27.4 Å². The summed E-state index contributed by atoms with van der Waals surface area (Å²) in [6, 6.07) is 7.87. The number of pyridine rings is 1. The molecular formula is C20H26N4O4S. The summed E-state index contributed by atoms with van der Waals surface area (Å²) in [6.07, 6.45) is 3.19. The number of rotatable bonds is 9. The number of carbonyl (C=O) groups excluding carboxylic acids is 1. The van der Waals surface area contributed by atoms with Gasteiger partial charge in [-0.05, 0) is 57.0 Å². The standard InChI is InChI=1S/C20H26N4O4S/c1-4-24(5-2)19-11-6-14(13-21-19)20(25)22-17-12-16(9-10-18(17)28-3)29(26,27)23-15-7-8-15/h6,9-13,15,23H,4-5,7-8H2,1-3H3,(H,22,25). The molecule has 8 nitrogen and oxygen atoms in total. The molecule has 3 rings (SSSR count). The number of anilines is 2. The van der Waals surface area contributed by atoms with E-state index in [0.717, 1.165) is 31.7 Å². The van der Waals surface area contributed by atoms with Gasteiger partial charge in [0.05, 0.1) is 23.3 Å². The normalized spacial score (nSPS) is 13.8. The van der Waals surface area contributed by atoms with Crippen LogP contribution in [0.4, 0.5) is 11.5 Å². The SMILES string of the molecule is CCN(CC)c1ccc(C(=O)Nc2cc(S(=O)(=O)NC3CC3)ccc2OC)cn1. The van der Waals surface area contributed by atoms with E-state index in [2.05, 4.69) is 19.9 Å². The number of amides is 1. The van der Waals surface area contributed by atoms with Crippen LogP contribution in [0.15, 0.2) is 41.4 Å². The molecule has 0 atom stereocenters. The number of aromatic nitrogens is 1. The van der Waals surface area contributed by atoms with Crippen LogP contribution in [0.2, 0.25) is 0 Å². The number of benzene rings is 1. The molecule has 1 fully saturated rings. The molecule has 0 radical (unpaired) electrons. The van der Waals surface area contributed by atoms with Gasteiger partial charge in [-0.2, -0.15) is 0 Å². The predicted molar refractivity (Wildman–Crippen MR) is 112 cm³/mol. The van der Waals surface area contributed by atoms with Gasteiger partial charge < -0.3 is 15.0 Å². The minimum Gasteiger partial charge on any atom is -0.495 e. The first-order valence-electron chi connectivity index (χ1n) is 9.60. The van der Waals surface area contributed by atoms with Crippen molar-refractivity contribution in [1.82, 2.24) is 9.71 Å². The Kier molecular flexibility index (Phi) is 6.39. The Morgan fingerprint density at radius 1 is 1.21 bits per heavy atom. The molecule has 1 aliphatic carbocycles. The summed E-state index contributed by atoms with van der Waals surface area (Å²) in [4.78, 5) is 19.2. The molecule has 2 aromatic rings. The highest BCUT2D eigenvalue weighted by Crippen LogP contribution is 2.29. The molecule has 0 bridgehead atoms. The lowest BCUT2D eigenvalue weighted by Gasteiger charge is -2.19. The molecule has 156 valence electrons. The molecule has 1 amide bonds. The molecule has 1 aliphatic rings. The zero-order chi connectivity index (χ0) is 21.0. The van der Waals surface area contributed by atoms with Crippen molar-refractivity contribution in [2.24, 2.45) is 0 Å². The van der Waals surface area contributed by atoms with Gasteiger partial charge >= 0.3 is 0 Å². The molecular weight excluding hydrogens is 392 g/mol. The van der Waals surface area contributed by atoms with Gasteiger partial charge in [0.25, 0.3) is 5.91 Å². The molecule has 1 aromatic heterocycles. The summed E-state index contributed by atoms with van der Waals surface area (Å²) < 4.78 is 32.8. The van der Waals surface area contributed by atoms with Crippen molar-refractivity contribution in [2.75, 3.05) is 30.4 Å². The molecule has 1 aromatic carbocycles. The topological polar surface area (TPSA) is 101 Å². The Morgan fingerprint density at radius 2 is 1.93 bits per heavy atom. The lowest BCUT2D eigenvalue weighted by molar-refractivity contribution is 0.102. The number of hydrogen-bond acceptors (Lipinski definition) is 6. The number of nitrogens with one attached hydrogen (secondary N) is 2. The number of sulfonamides is 1. The second-order valence-electron chi connectivity index (χ2n) is 6.79. The summed E-state index contributed by atoms with van der Waals surface area (Å²) in [7, 11) is -2.18. The summed E-state index contributed by atoms with van der Waals surface area (Å²) >= 11 is 0. The first-order chi connectivity index (χ1) is 13.9. The average molecular weight is 419 g/mol. The highest BCUT2D eigenvalue weighted by atomic mass is 32.2. The molecule has 2 N–H and O–H groups in total. The Balaban J connectivity index is 1.81. The van der Waals surface area contributed by atoms with Crippen LogP contribution in [0.25, 0.3) is 0 Å². The van der Waals surface area contributed by atoms with Crippen molar-refractivity contribution < 1.29 is 17.9 Å². The van der Waals surface area contributed by atoms with E-state index in [9.17, 15) is 13.2 Å². The zero-order valence-electron chi connectivity index (χ0n) is 16.8. The Hall–Kier alpha value is -2.65. The van der Waals surface area contributed by atoms with Gasteiger partial charge in [-0.3, -0.25) is 4.79 Å². The van der Waals surface area contributed by atoms with Gasteiger partial charge in [0.15, 0.2) is 0 Å². The van der Waals surface area contributed by atoms with Crippen LogP contribution in [-0.2, 0) is 10.0 Å². The summed E-state index contributed by atoms with van der Waals surface area (Å²) in [5.74, 6) is 0.770. The smallest absolute Gasteiger partial charge is 0.257 e.